The quantitative estimate of drug-likeness (QED) is 0.793. The summed E-state index contributed by atoms with van der Waals surface area (Å²) in [7, 11) is 0. The van der Waals surface area contributed by atoms with Gasteiger partial charge >= 0.3 is 0 Å². The van der Waals surface area contributed by atoms with Crippen LogP contribution in [0.25, 0.3) is 11.0 Å². The number of aryl methyl sites for hydroxylation is 1. The van der Waals surface area contributed by atoms with Crippen LogP contribution in [0, 0.1) is 6.92 Å². The molecule has 3 heteroatoms. The predicted octanol–water partition coefficient (Wildman–Crippen LogP) is 2.34. The molecule has 0 saturated carbocycles. The topological polar surface area (TPSA) is 42.2 Å². The molecule has 1 aromatic carbocycles. The molecular weight excluding hydrogens is 202 g/mol. The van der Waals surface area contributed by atoms with Crippen molar-refractivity contribution in [3.05, 3.63) is 35.6 Å². The molecule has 1 fully saturated rings. The lowest BCUT2D eigenvalue weighted by Gasteiger charge is -2.00. The number of furan rings is 1. The molecule has 1 atom stereocenters. The highest BCUT2D eigenvalue weighted by molar-refractivity contribution is 5.81. The SMILES string of the molecule is Cc1ccc2oc(C3CNC(=O)C3)cc2c1. The molecule has 1 aliphatic heterocycles. The minimum absolute atomic E-state index is 0.113. The predicted molar refractivity (Wildman–Crippen MR) is 61.3 cm³/mol. The van der Waals surface area contributed by atoms with Gasteiger partial charge in [-0.3, -0.25) is 4.79 Å². The second kappa shape index (κ2) is 3.37. The third-order valence-corrected chi connectivity index (χ3v) is 3.07. The van der Waals surface area contributed by atoms with Gasteiger partial charge in [-0.15, -0.1) is 0 Å². The van der Waals surface area contributed by atoms with E-state index in [4.69, 9.17) is 4.42 Å². The maximum Gasteiger partial charge on any atom is 0.220 e. The van der Waals surface area contributed by atoms with Crippen molar-refractivity contribution in [2.24, 2.45) is 0 Å². The van der Waals surface area contributed by atoms with Crippen LogP contribution in [0.2, 0.25) is 0 Å². The molecule has 1 saturated heterocycles. The fraction of sp³-hybridized carbons (Fsp3) is 0.308. The van der Waals surface area contributed by atoms with E-state index in [2.05, 4.69) is 18.3 Å². The molecule has 1 amide bonds. The molecular formula is C13H13NO2. The van der Waals surface area contributed by atoms with Crippen molar-refractivity contribution < 1.29 is 9.21 Å². The van der Waals surface area contributed by atoms with Crippen LogP contribution in [0.4, 0.5) is 0 Å². The Hall–Kier alpha value is -1.77. The lowest BCUT2D eigenvalue weighted by Crippen LogP contribution is -2.13. The Morgan fingerprint density at radius 2 is 2.25 bits per heavy atom. The maximum absolute atomic E-state index is 11.1. The monoisotopic (exact) mass is 215 g/mol. The van der Waals surface area contributed by atoms with Crippen LogP contribution < -0.4 is 5.32 Å². The van der Waals surface area contributed by atoms with Gasteiger partial charge in [-0.2, -0.15) is 0 Å². The van der Waals surface area contributed by atoms with Crippen molar-refractivity contribution >= 4 is 16.9 Å². The molecule has 0 radical (unpaired) electrons. The van der Waals surface area contributed by atoms with E-state index >= 15 is 0 Å². The van der Waals surface area contributed by atoms with Crippen LogP contribution in [0.3, 0.4) is 0 Å². The molecule has 2 aromatic rings. The van der Waals surface area contributed by atoms with Crippen molar-refractivity contribution in [1.82, 2.24) is 5.32 Å². The number of rotatable bonds is 1. The number of benzene rings is 1. The second-order valence-electron chi connectivity index (χ2n) is 4.40. The molecule has 2 heterocycles. The van der Waals surface area contributed by atoms with Gasteiger partial charge in [0, 0.05) is 24.3 Å². The zero-order chi connectivity index (χ0) is 11.1. The number of carbonyl (C=O) groups excluding carboxylic acids is 1. The molecule has 1 aromatic heterocycles. The Bertz CT molecular complexity index is 556. The average Bonchev–Trinajstić information content (AvgIpc) is 2.83. The first kappa shape index (κ1) is 9.46. The van der Waals surface area contributed by atoms with Gasteiger partial charge in [-0.05, 0) is 25.1 Å². The fourth-order valence-electron chi connectivity index (χ4n) is 2.19. The highest BCUT2D eigenvalue weighted by atomic mass is 16.3. The first-order valence-electron chi connectivity index (χ1n) is 5.49. The zero-order valence-corrected chi connectivity index (χ0v) is 9.12. The molecule has 0 aliphatic carbocycles. The lowest BCUT2D eigenvalue weighted by molar-refractivity contribution is -0.119. The normalized spacial score (nSPS) is 20.3. The van der Waals surface area contributed by atoms with E-state index < -0.39 is 0 Å². The third kappa shape index (κ3) is 1.48. The molecule has 16 heavy (non-hydrogen) atoms. The number of amides is 1. The Morgan fingerprint density at radius 1 is 1.38 bits per heavy atom. The van der Waals surface area contributed by atoms with E-state index in [1.807, 2.05) is 18.2 Å². The lowest BCUT2D eigenvalue weighted by atomic mass is 10.1. The van der Waals surface area contributed by atoms with Gasteiger partial charge in [0.2, 0.25) is 5.91 Å². The van der Waals surface area contributed by atoms with Crippen LogP contribution in [0.5, 0.6) is 0 Å². The van der Waals surface area contributed by atoms with Gasteiger partial charge in [0.1, 0.15) is 11.3 Å². The molecule has 0 spiro atoms. The summed E-state index contributed by atoms with van der Waals surface area (Å²) in [6.45, 7) is 2.75. The summed E-state index contributed by atoms with van der Waals surface area (Å²) in [4.78, 5) is 11.1. The standard InChI is InChI=1S/C13H13NO2/c1-8-2-3-11-9(4-8)5-12(16-11)10-6-13(15)14-7-10/h2-5,10H,6-7H2,1H3,(H,14,15). The minimum atomic E-state index is 0.113. The van der Waals surface area contributed by atoms with Gasteiger partial charge < -0.3 is 9.73 Å². The van der Waals surface area contributed by atoms with Crippen molar-refractivity contribution in [2.45, 2.75) is 19.3 Å². The summed E-state index contributed by atoms with van der Waals surface area (Å²) < 4.78 is 5.76. The molecule has 1 N–H and O–H groups in total. The van der Waals surface area contributed by atoms with Gasteiger partial charge in [0.05, 0.1) is 0 Å². The number of hydrogen-bond acceptors (Lipinski definition) is 2. The van der Waals surface area contributed by atoms with Crippen molar-refractivity contribution in [3.8, 4) is 0 Å². The summed E-state index contributed by atoms with van der Waals surface area (Å²) in [5.41, 5.74) is 2.13. The number of hydrogen-bond donors (Lipinski definition) is 1. The van der Waals surface area contributed by atoms with Crippen LogP contribution in [-0.4, -0.2) is 12.5 Å². The van der Waals surface area contributed by atoms with Gasteiger partial charge in [-0.1, -0.05) is 11.6 Å². The number of carbonyl (C=O) groups is 1. The molecule has 82 valence electrons. The molecule has 3 nitrogen and oxygen atoms in total. The van der Waals surface area contributed by atoms with Crippen LogP contribution in [0.1, 0.15) is 23.7 Å². The Kier molecular flexibility index (Phi) is 1.99. The van der Waals surface area contributed by atoms with E-state index in [0.29, 0.717) is 13.0 Å². The highest BCUT2D eigenvalue weighted by Gasteiger charge is 2.25. The molecule has 0 bridgehead atoms. The summed E-state index contributed by atoms with van der Waals surface area (Å²) in [6.07, 6.45) is 0.540. The summed E-state index contributed by atoms with van der Waals surface area (Å²) in [5, 5.41) is 3.94. The van der Waals surface area contributed by atoms with Crippen molar-refractivity contribution in [1.29, 1.82) is 0 Å². The van der Waals surface area contributed by atoms with Gasteiger partial charge in [0.15, 0.2) is 0 Å². The largest absolute Gasteiger partial charge is 0.461 e. The van der Waals surface area contributed by atoms with Crippen molar-refractivity contribution in [3.63, 3.8) is 0 Å². The Balaban J connectivity index is 2.02. The fourth-order valence-corrected chi connectivity index (χ4v) is 2.19. The smallest absolute Gasteiger partial charge is 0.220 e. The molecule has 3 rings (SSSR count). The van der Waals surface area contributed by atoms with E-state index in [9.17, 15) is 4.79 Å². The van der Waals surface area contributed by atoms with Crippen molar-refractivity contribution in [2.75, 3.05) is 6.54 Å². The number of fused-ring (bicyclic) bond motifs is 1. The highest BCUT2D eigenvalue weighted by Crippen LogP contribution is 2.29. The van der Waals surface area contributed by atoms with E-state index in [1.165, 1.54) is 5.56 Å². The van der Waals surface area contributed by atoms with Crippen LogP contribution in [-0.2, 0) is 4.79 Å². The van der Waals surface area contributed by atoms with E-state index in [-0.39, 0.29) is 11.8 Å². The third-order valence-electron chi connectivity index (χ3n) is 3.07. The summed E-state index contributed by atoms with van der Waals surface area (Å²) >= 11 is 0. The summed E-state index contributed by atoms with van der Waals surface area (Å²) in [6, 6.07) is 8.17. The van der Waals surface area contributed by atoms with Gasteiger partial charge in [-0.25, -0.2) is 0 Å². The van der Waals surface area contributed by atoms with Crippen LogP contribution >= 0.6 is 0 Å². The van der Waals surface area contributed by atoms with Crippen LogP contribution in [0.15, 0.2) is 28.7 Å². The maximum atomic E-state index is 11.1. The summed E-state index contributed by atoms with van der Waals surface area (Å²) in [5.74, 6) is 1.22. The Morgan fingerprint density at radius 3 is 3.00 bits per heavy atom. The average molecular weight is 215 g/mol. The van der Waals surface area contributed by atoms with Gasteiger partial charge in [0.25, 0.3) is 0 Å². The first-order chi connectivity index (χ1) is 7.72. The molecule has 1 unspecified atom stereocenters. The Labute approximate surface area is 93.4 Å². The second-order valence-corrected chi connectivity index (χ2v) is 4.40. The van der Waals surface area contributed by atoms with E-state index in [0.717, 1.165) is 16.7 Å². The van der Waals surface area contributed by atoms with E-state index in [1.54, 1.807) is 0 Å². The minimum Gasteiger partial charge on any atom is -0.461 e. The molecule has 1 aliphatic rings. The first-order valence-corrected chi connectivity index (χ1v) is 5.49. The zero-order valence-electron chi connectivity index (χ0n) is 9.12. The number of nitrogens with one attached hydrogen (secondary N) is 1.